The fourth-order valence-electron chi connectivity index (χ4n) is 5.85. The Morgan fingerprint density at radius 3 is 1.98 bits per heavy atom. The number of hydrogen-bond donors (Lipinski definition) is 0. The van der Waals surface area contributed by atoms with E-state index in [1.165, 1.54) is 0 Å². The number of hydrogen-bond acceptors (Lipinski definition) is 4. The van der Waals surface area contributed by atoms with E-state index in [0.717, 1.165) is 16.7 Å². The standard InChI is InChI=1S/C37H35Cl2N3O2/c1-7-44-32-22-28(35(2,3)4)16-21-31(32)33-41-36(5,26-12-17-29(38)18-13-26)37(6,27-14-19-30(39)20-15-27)42(33)34(43)25-10-8-24(23-40)9-11-25/h8-22H,7H2,1-6H3/t36-,37+/m0/s1. The maximum Gasteiger partial charge on any atom is 0.260 e. The number of benzene rings is 4. The molecule has 1 amide bonds. The number of ether oxygens (including phenoxy) is 1. The van der Waals surface area contributed by atoms with Gasteiger partial charge in [0, 0.05) is 15.6 Å². The summed E-state index contributed by atoms with van der Waals surface area (Å²) < 4.78 is 6.24. The van der Waals surface area contributed by atoms with E-state index in [-0.39, 0.29) is 11.3 Å². The Kier molecular flexibility index (Phi) is 8.37. The largest absolute Gasteiger partial charge is 0.493 e. The predicted molar refractivity (Wildman–Crippen MR) is 178 cm³/mol. The number of nitrogens with zero attached hydrogens (tertiary/aromatic N) is 3. The van der Waals surface area contributed by atoms with E-state index in [1.54, 1.807) is 29.2 Å². The predicted octanol–water partition coefficient (Wildman–Crippen LogP) is 9.29. The lowest BCUT2D eigenvalue weighted by Crippen LogP contribution is -2.55. The van der Waals surface area contributed by atoms with Gasteiger partial charge in [0.2, 0.25) is 0 Å². The molecule has 4 aromatic carbocycles. The molecule has 5 rings (SSSR count). The molecule has 0 aliphatic carbocycles. The SMILES string of the molecule is CCOc1cc(C(C)(C)C)ccc1C1=N[C@@](C)(c2ccc(Cl)cc2)[C@@](C)(c2ccc(Cl)cc2)N1C(=O)c1ccc(C#N)cc1. The van der Waals surface area contributed by atoms with Gasteiger partial charge in [-0.3, -0.25) is 14.7 Å². The second-order valence-corrected chi connectivity index (χ2v) is 13.2. The first-order chi connectivity index (χ1) is 20.8. The first-order valence-electron chi connectivity index (χ1n) is 14.6. The van der Waals surface area contributed by atoms with E-state index in [0.29, 0.717) is 44.9 Å². The molecule has 1 heterocycles. The highest BCUT2D eigenvalue weighted by Crippen LogP contribution is 2.54. The van der Waals surface area contributed by atoms with Crippen molar-refractivity contribution < 1.29 is 9.53 Å². The molecule has 0 fully saturated rings. The molecule has 0 spiro atoms. The van der Waals surface area contributed by atoms with Gasteiger partial charge in [-0.05, 0) is 104 Å². The maximum atomic E-state index is 14.8. The van der Waals surface area contributed by atoms with Gasteiger partial charge in [-0.25, -0.2) is 0 Å². The summed E-state index contributed by atoms with van der Waals surface area (Å²) in [7, 11) is 0. The van der Waals surface area contributed by atoms with E-state index >= 15 is 0 Å². The van der Waals surface area contributed by atoms with E-state index < -0.39 is 11.1 Å². The van der Waals surface area contributed by atoms with Crippen molar-refractivity contribution in [2.45, 2.75) is 58.0 Å². The summed E-state index contributed by atoms with van der Waals surface area (Å²) in [5, 5.41) is 10.6. The second-order valence-electron chi connectivity index (χ2n) is 12.3. The fraction of sp³-hybridized carbons (Fsp3) is 0.270. The van der Waals surface area contributed by atoms with Crippen LogP contribution in [0.15, 0.2) is 96.0 Å². The van der Waals surface area contributed by atoms with Crippen LogP contribution in [0.1, 0.15) is 79.7 Å². The number of carbonyl (C=O) groups excluding carboxylic acids is 1. The summed E-state index contributed by atoms with van der Waals surface area (Å²) in [6, 6.07) is 30.1. The number of aliphatic imine (C=N–C) groups is 1. The van der Waals surface area contributed by atoms with E-state index in [4.69, 9.17) is 32.9 Å². The number of amides is 1. The number of rotatable bonds is 6. The quantitative estimate of drug-likeness (QED) is 0.215. The zero-order chi connectivity index (χ0) is 31.9. The molecule has 5 nitrogen and oxygen atoms in total. The summed E-state index contributed by atoms with van der Waals surface area (Å²) in [5.74, 6) is 0.874. The minimum atomic E-state index is -1.03. The monoisotopic (exact) mass is 623 g/mol. The van der Waals surface area contributed by atoms with Crippen molar-refractivity contribution in [3.05, 3.63) is 134 Å². The van der Waals surface area contributed by atoms with Crippen molar-refractivity contribution in [3.8, 4) is 11.8 Å². The van der Waals surface area contributed by atoms with E-state index in [9.17, 15) is 10.1 Å². The van der Waals surface area contributed by atoms with Crippen molar-refractivity contribution in [2.24, 2.45) is 4.99 Å². The summed E-state index contributed by atoms with van der Waals surface area (Å²) >= 11 is 12.7. The lowest BCUT2D eigenvalue weighted by atomic mass is 9.70. The van der Waals surface area contributed by atoms with E-state index in [2.05, 4.69) is 32.9 Å². The van der Waals surface area contributed by atoms with Crippen LogP contribution in [-0.4, -0.2) is 23.2 Å². The highest BCUT2D eigenvalue weighted by Gasteiger charge is 2.59. The third kappa shape index (κ3) is 5.38. The Balaban J connectivity index is 1.84. The van der Waals surface area contributed by atoms with Crippen LogP contribution >= 0.6 is 23.2 Å². The van der Waals surface area contributed by atoms with E-state index in [1.807, 2.05) is 81.4 Å². The molecule has 0 saturated heterocycles. The van der Waals surface area contributed by atoms with Gasteiger partial charge < -0.3 is 4.74 Å². The van der Waals surface area contributed by atoms with Crippen LogP contribution in [0.5, 0.6) is 5.75 Å². The minimum Gasteiger partial charge on any atom is -0.493 e. The highest BCUT2D eigenvalue weighted by molar-refractivity contribution is 6.30. The Hall–Kier alpha value is -4.11. The van der Waals surface area contributed by atoms with Gasteiger partial charge in [0.15, 0.2) is 0 Å². The molecule has 7 heteroatoms. The molecule has 1 aliphatic heterocycles. The third-order valence-corrected chi connectivity index (χ3v) is 9.11. The molecule has 0 radical (unpaired) electrons. The molecule has 0 unspecified atom stereocenters. The molecule has 0 bridgehead atoms. The molecular formula is C37H35Cl2N3O2. The first-order valence-corrected chi connectivity index (χ1v) is 15.3. The summed E-state index contributed by atoms with van der Waals surface area (Å²) in [5.41, 5.74) is 2.35. The van der Waals surface area contributed by atoms with Crippen LogP contribution in [-0.2, 0) is 16.5 Å². The highest BCUT2D eigenvalue weighted by atomic mass is 35.5. The number of nitriles is 1. The zero-order valence-electron chi connectivity index (χ0n) is 25.8. The van der Waals surface area contributed by atoms with Crippen molar-refractivity contribution in [1.29, 1.82) is 5.26 Å². The summed E-state index contributed by atoms with van der Waals surface area (Å²) in [4.78, 5) is 22.1. The minimum absolute atomic E-state index is 0.116. The number of halogens is 2. The van der Waals surface area contributed by atoms with Crippen LogP contribution in [0.4, 0.5) is 0 Å². The van der Waals surface area contributed by atoms with Gasteiger partial charge >= 0.3 is 0 Å². The molecule has 2 atom stereocenters. The molecule has 0 aromatic heterocycles. The van der Waals surface area contributed by atoms with Crippen LogP contribution < -0.4 is 4.74 Å². The zero-order valence-corrected chi connectivity index (χ0v) is 27.3. The molecule has 44 heavy (non-hydrogen) atoms. The Labute approximate surface area is 269 Å². The Bertz CT molecular complexity index is 1770. The first kappa shape index (κ1) is 31.3. The normalized spacial score (nSPS) is 19.8. The molecular weight excluding hydrogens is 589 g/mol. The number of carbonyl (C=O) groups is 1. The molecule has 0 saturated carbocycles. The summed E-state index contributed by atoms with van der Waals surface area (Å²) in [6.07, 6.45) is 0. The smallest absolute Gasteiger partial charge is 0.260 e. The van der Waals surface area contributed by atoms with Gasteiger partial charge in [-0.1, -0.05) is 74.3 Å². The van der Waals surface area contributed by atoms with Crippen LogP contribution in [0.3, 0.4) is 0 Å². The van der Waals surface area contributed by atoms with Crippen molar-refractivity contribution in [2.75, 3.05) is 6.61 Å². The molecule has 0 N–H and O–H groups in total. The molecule has 1 aliphatic rings. The molecule has 4 aromatic rings. The van der Waals surface area contributed by atoms with Gasteiger partial charge in [-0.15, -0.1) is 0 Å². The lowest BCUT2D eigenvalue weighted by Gasteiger charge is -2.45. The van der Waals surface area contributed by atoms with Gasteiger partial charge in [0.05, 0.1) is 23.8 Å². The Morgan fingerprint density at radius 2 is 1.45 bits per heavy atom. The average Bonchev–Trinajstić information content (AvgIpc) is 3.25. The topological polar surface area (TPSA) is 65.7 Å². The van der Waals surface area contributed by atoms with Crippen LogP contribution in [0, 0.1) is 11.3 Å². The van der Waals surface area contributed by atoms with Gasteiger partial charge in [-0.2, -0.15) is 5.26 Å². The van der Waals surface area contributed by atoms with Crippen LogP contribution in [0.2, 0.25) is 10.0 Å². The lowest BCUT2D eigenvalue weighted by molar-refractivity contribution is 0.0616. The van der Waals surface area contributed by atoms with Crippen molar-refractivity contribution in [1.82, 2.24) is 4.90 Å². The average molecular weight is 625 g/mol. The molecule has 224 valence electrons. The van der Waals surface area contributed by atoms with Gasteiger partial charge in [0.1, 0.15) is 22.7 Å². The van der Waals surface area contributed by atoms with Crippen molar-refractivity contribution >= 4 is 34.9 Å². The van der Waals surface area contributed by atoms with Crippen molar-refractivity contribution in [3.63, 3.8) is 0 Å². The summed E-state index contributed by atoms with van der Waals surface area (Å²) in [6.45, 7) is 12.9. The Morgan fingerprint density at radius 1 is 0.886 bits per heavy atom. The second kappa shape index (κ2) is 11.8. The number of amidine groups is 1. The maximum absolute atomic E-state index is 14.8. The van der Waals surface area contributed by atoms with Gasteiger partial charge in [0.25, 0.3) is 5.91 Å². The fourth-order valence-corrected chi connectivity index (χ4v) is 6.10. The third-order valence-electron chi connectivity index (χ3n) is 8.60. The van der Waals surface area contributed by atoms with Crippen LogP contribution in [0.25, 0.3) is 0 Å².